The van der Waals surface area contributed by atoms with Crippen molar-refractivity contribution in [2.75, 3.05) is 18.9 Å². The molecule has 0 spiro atoms. The molecule has 0 radical (unpaired) electrons. The lowest BCUT2D eigenvalue weighted by atomic mass is 9.91. The first-order valence-electron chi connectivity index (χ1n) is 7.91. The number of para-hydroxylation sites is 2. The molecule has 3 unspecified atom stereocenters. The summed E-state index contributed by atoms with van der Waals surface area (Å²) in [4.78, 5) is 7.76. The van der Waals surface area contributed by atoms with Crippen LogP contribution in [0, 0.1) is 5.92 Å². The third kappa shape index (κ3) is 4.43. The summed E-state index contributed by atoms with van der Waals surface area (Å²) >= 11 is 1.58. The maximum atomic E-state index is 12.3. The van der Waals surface area contributed by atoms with E-state index >= 15 is 0 Å². The van der Waals surface area contributed by atoms with Crippen LogP contribution < -0.4 is 5.32 Å². The highest BCUT2D eigenvalue weighted by Gasteiger charge is 2.35. The number of aromatic nitrogens is 2. The number of H-pyrrole nitrogens is 1. The summed E-state index contributed by atoms with van der Waals surface area (Å²) in [6.45, 7) is 1.43. The average Bonchev–Trinajstić information content (AvgIpc) is 2.95. The monoisotopic (exact) mass is 359 g/mol. The van der Waals surface area contributed by atoms with Gasteiger partial charge < -0.3 is 15.0 Å². The molecule has 2 heterocycles. The van der Waals surface area contributed by atoms with Crippen LogP contribution in [0.4, 0.5) is 13.2 Å². The Morgan fingerprint density at radius 2 is 2.12 bits per heavy atom. The van der Waals surface area contributed by atoms with Crippen LogP contribution >= 0.6 is 11.8 Å². The van der Waals surface area contributed by atoms with Crippen molar-refractivity contribution < 1.29 is 17.9 Å². The van der Waals surface area contributed by atoms with Gasteiger partial charge in [-0.1, -0.05) is 30.8 Å². The number of alkyl halides is 3. The second-order valence-corrected chi connectivity index (χ2v) is 7.05. The average molecular weight is 359 g/mol. The summed E-state index contributed by atoms with van der Waals surface area (Å²) in [7, 11) is 0. The van der Waals surface area contributed by atoms with Crippen molar-refractivity contribution >= 4 is 22.8 Å². The molecule has 8 heteroatoms. The summed E-state index contributed by atoms with van der Waals surface area (Å²) in [6, 6.07) is 7.88. The van der Waals surface area contributed by atoms with E-state index in [1.807, 2.05) is 31.2 Å². The van der Waals surface area contributed by atoms with Crippen molar-refractivity contribution in [3.63, 3.8) is 0 Å². The number of aromatic amines is 1. The smallest absolute Gasteiger partial charge is 0.368 e. The molecule has 0 aliphatic carbocycles. The van der Waals surface area contributed by atoms with E-state index in [0.717, 1.165) is 21.9 Å². The fraction of sp³-hybridized carbons (Fsp3) is 0.562. The lowest BCUT2D eigenvalue weighted by molar-refractivity contribution is -0.193. The molecule has 1 aliphatic rings. The van der Waals surface area contributed by atoms with Gasteiger partial charge in [-0.15, -0.1) is 0 Å². The number of hydrogen-bond acceptors (Lipinski definition) is 4. The number of thioether (sulfide) groups is 1. The summed E-state index contributed by atoms with van der Waals surface area (Å²) in [5.41, 5.74) is 1.90. The van der Waals surface area contributed by atoms with Gasteiger partial charge >= 0.3 is 6.18 Å². The zero-order valence-corrected chi connectivity index (χ0v) is 14.1. The molecule has 1 aromatic heterocycles. The molecule has 2 N–H and O–H groups in total. The molecule has 24 heavy (non-hydrogen) atoms. The maximum absolute atomic E-state index is 12.3. The van der Waals surface area contributed by atoms with Crippen LogP contribution in [0.5, 0.6) is 0 Å². The molecule has 1 aromatic carbocycles. The Morgan fingerprint density at radius 1 is 1.33 bits per heavy atom. The molecule has 0 bridgehead atoms. The third-order valence-electron chi connectivity index (χ3n) is 4.28. The van der Waals surface area contributed by atoms with Crippen LogP contribution in [-0.4, -0.2) is 47.2 Å². The lowest BCUT2D eigenvalue weighted by Crippen LogP contribution is -2.50. The molecular weight excluding hydrogens is 339 g/mol. The number of benzene rings is 1. The van der Waals surface area contributed by atoms with Crippen molar-refractivity contribution in [3.05, 3.63) is 24.3 Å². The van der Waals surface area contributed by atoms with Crippen LogP contribution in [0.1, 0.15) is 13.3 Å². The van der Waals surface area contributed by atoms with Crippen molar-refractivity contribution in [1.82, 2.24) is 15.3 Å². The van der Waals surface area contributed by atoms with Crippen molar-refractivity contribution in [1.29, 1.82) is 0 Å². The van der Waals surface area contributed by atoms with Crippen LogP contribution in [0.25, 0.3) is 11.0 Å². The predicted molar refractivity (Wildman–Crippen MR) is 88.2 cm³/mol. The van der Waals surface area contributed by atoms with Gasteiger partial charge in [-0.2, -0.15) is 13.2 Å². The quantitative estimate of drug-likeness (QED) is 0.801. The molecule has 4 nitrogen and oxygen atoms in total. The summed E-state index contributed by atoms with van der Waals surface area (Å²) in [5, 5.41) is 4.20. The van der Waals surface area contributed by atoms with Crippen LogP contribution in [0.15, 0.2) is 29.4 Å². The number of imidazole rings is 1. The number of hydrogen-bond donors (Lipinski definition) is 2. The third-order valence-corrected chi connectivity index (χ3v) is 5.28. The first-order chi connectivity index (χ1) is 11.4. The van der Waals surface area contributed by atoms with Gasteiger partial charge in [0.2, 0.25) is 0 Å². The zero-order valence-electron chi connectivity index (χ0n) is 13.3. The Balaban J connectivity index is 1.56. The minimum Gasteiger partial charge on any atom is -0.368 e. The minimum atomic E-state index is -4.27. The van der Waals surface area contributed by atoms with Gasteiger partial charge in [0.15, 0.2) is 5.16 Å². The second kappa shape index (κ2) is 7.33. The fourth-order valence-corrected chi connectivity index (χ4v) is 4.04. The number of halogens is 3. The van der Waals surface area contributed by atoms with E-state index in [4.69, 9.17) is 4.74 Å². The first-order valence-corrected chi connectivity index (χ1v) is 8.90. The van der Waals surface area contributed by atoms with Gasteiger partial charge in [0, 0.05) is 11.8 Å². The SMILES string of the molecule is CC1C(CSc2nc3ccccc3[nH]2)NCCC1OCC(F)(F)F. The van der Waals surface area contributed by atoms with Gasteiger partial charge in [-0.25, -0.2) is 4.98 Å². The van der Waals surface area contributed by atoms with Gasteiger partial charge in [0.25, 0.3) is 0 Å². The molecule has 1 fully saturated rings. The molecule has 3 atom stereocenters. The molecule has 1 aliphatic heterocycles. The number of nitrogens with one attached hydrogen (secondary N) is 2. The standard InChI is InChI=1S/C16H20F3N3OS/c1-10-13(20-7-6-14(10)23-9-16(17,18)19)8-24-15-21-11-4-2-3-5-12(11)22-15/h2-5,10,13-14,20H,6-9H2,1H3,(H,21,22). The van der Waals surface area contributed by atoms with E-state index in [-0.39, 0.29) is 18.1 Å². The minimum absolute atomic E-state index is 0.0120. The molecule has 1 saturated heterocycles. The van der Waals surface area contributed by atoms with E-state index in [2.05, 4.69) is 15.3 Å². The Labute approximate surface area is 142 Å². The molecule has 3 rings (SSSR count). The molecule has 0 amide bonds. The van der Waals surface area contributed by atoms with E-state index in [1.165, 1.54) is 0 Å². The largest absolute Gasteiger partial charge is 0.411 e. The van der Waals surface area contributed by atoms with E-state index in [1.54, 1.807) is 11.8 Å². The van der Waals surface area contributed by atoms with Crippen LogP contribution in [0.3, 0.4) is 0 Å². The van der Waals surface area contributed by atoms with E-state index < -0.39 is 12.8 Å². The predicted octanol–water partition coefficient (Wildman–Crippen LogP) is 3.60. The maximum Gasteiger partial charge on any atom is 0.411 e. The molecule has 0 saturated carbocycles. The second-order valence-electron chi connectivity index (χ2n) is 6.04. The Hall–Kier alpha value is -1.25. The number of nitrogens with zero attached hydrogens (tertiary/aromatic N) is 1. The fourth-order valence-electron chi connectivity index (χ4n) is 2.93. The number of fused-ring (bicyclic) bond motifs is 1. The van der Waals surface area contributed by atoms with Gasteiger partial charge in [-0.3, -0.25) is 0 Å². The Bertz CT molecular complexity index is 643. The van der Waals surface area contributed by atoms with E-state index in [0.29, 0.717) is 13.0 Å². The number of rotatable bonds is 5. The van der Waals surface area contributed by atoms with Crippen LogP contribution in [-0.2, 0) is 4.74 Å². The zero-order chi connectivity index (χ0) is 17.2. The molecular formula is C16H20F3N3OS. The molecule has 132 valence electrons. The summed E-state index contributed by atoms with van der Waals surface area (Å²) in [6.07, 6.45) is -4.04. The van der Waals surface area contributed by atoms with E-state index in [9.17, 15) is 13.2 Å². The number of piperidine rings is 1. The highest BCUT2D eigenvalue weighted by molar-refractivity contribution is 7.99. The first kappa shape index (κ1) is 17.6. The highest BCUT2D eigenvalue weighted by atomic mass is 32.2. The summed E-state index contributed by atoms with van der Waals surface area (Å²) < 4.78 is 42.1. The van der Waals surface area contributed by atoms with Crippen molar-refractivity contribution in [3.8, 4) is 0 Å². The Morgan fingerprint density at radius 3 is 2.88 bits per heavy atom. The number of ether oxygens (including phenoxy) is 1. The van der Waals surface area contributed by atoms with Crippen LogP contribution in [0.2, 0.25) is 0 Å². The van der Waals surface area contributed by atoms with Gasteiger partial charge in [0.05, 0.1) is 17.1 Å². The van der Waals surface area contributed by atoms with Gasteiger partial charge in [-0.05, 0) is 31.0 Å². The van der Waals surface area contributed by atoms with Crippen molar-refractivity contribution in [2.45, 2.75) is 36.8 Å². The van der Waals surface area contributed by atoms with Gasteiger partial charge in [0.1, 0.15) is 6.61 Å². The topological polar surface area (TPSA) is 49.9 Å². The normalized spacial score (nSPS) is 25.2. The highest BCUT2D eigenvalue weighted by Crippen LogP contribution is 2.27. The van der Waals surface area contributed by atoms with Crippen molar-refractivity contribution in [2.24, 2.45) is 5.92 Å². The molecule has 2 aromatic rings. The lowest BCUT2D eigenvalue weighted by Gasteiger charge is -2.36. The Kier molecular flexibility index (Phi) is 5.36. The summed E-state index contributed by atoms with van der Waals surface area (Å²) in [5.74, 6) is 0.741.